The first-order valence-corrected chi connectivity index (χ1v) is 6.03. The monoisotopic (exact) mass is 251 g/mol. The Morgan fingerprint density at radius 2 is 1.84 bits per heavy atom. The first kappa shape index (κ1) is 11.6. The molecule has 1 heterocycles. The predicted molar refractivity (Wildman–Crippen MR) is 73.9 cm³/mol. The van der Waals surface area contributed by atoms with Gasteiger partial charge >= 0.3 is 0 Å². The van der Waals surface area contributed by atoms with Gasteiger partial charge in [-0.2, -0.15) is 0 Å². The van der Waals surface area contributed by atoms with Gasteiger partial charge in [-0.25, -0.2) is 4.98 Å². The van der Waals surface area contributed by atoms with Crippen molar-refractivity contribution in [3.63, 3.8) is 0 Å². The molecule has 3 rings (SSSR count). The molecule has 0 aliphatic rings. The first-order valence-electron chi connectivity index (χ1n) is 6.03. The predicted octanol–water partition coefficient (Wildman–Crippen LogP) is 2.88. The van der Waals surface area contributed by atoms with Crippen molar-refractivity contribution in [1.82, 2.24) is 9.97 Å². The van der Waals surface area contributed by atoms with Crippen LogP contribution in [0.2, 0.25) is 0 Å². The summed E-state index contributed by atoms with van der Waals surface area (Å²) < 4.78 is 5.80. The fourth-order valence-corrected chi connectivity index (χ4v) is 1.93. The van der Waals surface area contributed by atoms with Crippen molar-refractivity contribution in [1.29, 1.82) is 0 Å². The smallest absolute Gasteiger partial charge is 0.238 e. The molecule has 2 aromatic carbocycles. The molecular weight excluding hydrogens is 238 g/mol. The van der Waals surface area contributed by atoms with Gasteiger partial charge in [-0.3, -0.25) is 4.98 Å². The van der Waals surface area contributed by atoms with Crippen molar-refractivity contribution >= 4 is 10.8 Å². The third-order valence-corrected chi connectivity index (χ3v) is 2.84. The maximum Gasteiger partial charge on any atom is 0.238 e. The summed E-state index contributed by atoms with van der Waals surface area (Å²) >= 11 is 0. The van der Waals surface area contributed by atoms with Gasteiger partial charge in [0.1, 0.15) is 5.75 Å². The van der Waals surface area contributed by atoms with E-state index in [0.29, 0.717) is 18.1 Å². The molecule has 0 saturated heterocycles. The summed E-state index contributed by atoms with van der Waals surface area (Å²) in [6.07, 6.45) is 3.22. The molecule has 0 aliphatic heterocycles. The second-order valence-electron chi connectivity index (χ2n) is 4.13. The first-order chi connectivity index (χ1) is 9.36. The van der Waals surface area contributed by atoms with E-state index >= 15 is 0 Å². The Kier molecular flexibility index (Phi) is 3.08. The van der Waals surface area contributed by atoms with E-state index in [1.807, 2.05) is 42.5 Å². The van der Waals surface area contributed by atoms with Crippen LogP contribution in [-0.4, -0.2) is 9.97 Å². The Morgan fingerprint density at radius 1 is 1.00 bits per heavy atom. The average Bonchev–Trinajstić information content (AvgIpc) is 2.48. The highest BCUT2D eigenvalue weighted by molar-refractivity contribution is 5.88. The van der Waals surface area contributed by atoms with E-state index in [4.69, 9.17) is 10.5 Å². The van der Waals surface area contributed by atoms with Crippen molar-refractivity contribution < 1.29 is 4.74 Å². The molecule has 0 atom stereocenters. The standard InChI is InChI=1S/C15H13N3O/c16-8-12-9-17-10-15(18-12)19-14-7-3-5-11-4-1-2-6-13(11)14/h1-7,9-10H,8,16H2. The number of hydrogen-bond donors (Lipinski definition) is 1. The highest BCUT2D eigenvalue weighted by Crippen LogP contribution is 2.28. The van der Waals surface area contributed by atoms with Crippen LogP contribution in [0.5, 0.6) is 11.6 Å². The number of rotatable bonds is 3. The number of nitrogens with zero attached hydrogens (tertiary/aromatic N) is 2. The normalized spacial score (nSPS) is 10.6. The number of aromatic nitrogens is 2. The van der Waals surface area contributed by atoms with Crippen LogP contribution in [0.25, 0.3) is 10.8 Å². The Labute approximate surface area is 110 Å². The van der Waals surface area contributed by atoms with Gasteiger partial charge in [0, 0.05) is 18.1 Å². The topological polar surface area (TPSA) is 61.0 Å². The van der Waals surface area contributed by atoms with Crippen LogP contribution in [0.3, 0.4) is 0 Å². The SMILES string of the molecule is NCc1cncc(Oc2cccc3ccccc23)n1. The molecule has 4 heteroatoms. The summed E-state index contributed by atoms with van der Waals surface area (Å²) in [7, 11) is 0. The van der Waals surface area contributed by atoms with E-state index in [-0.39, 0.29) is 0 Å². The van der Waals surface area contributed by atoms with Gasteiger partial charge < -0.3 is 10.5 Å². The Balaban J connectivity index is 2.01. The Bertz CT molecular complexity index is 707. The fraction of sp³-hybridized carbons (Fsp3) is 0.0667. The molecule has 2 N–H and O–H groups in total. The Hall–Kier alpha value is -2.46. The van der Waals surface area contributed by atoms with E-state index < -0.39 is 0 Å². The van der Waals surface area contributed by atoms with Gasteiger partial charge in [-0.15, -0.1) is 0 Å². The molecule has 0 saturated carbocycles. The Morgan fingerprint density at radius 3 is 2.74 bits per heavy atom. The molecule has 0 spiro atoms. The minimum Gasteiger partial charge on any atom is -0.437 e. The average molecular weight is 251 g/mol. The van der Waals surface area contributed by atoms with E-state index in [1.54, 1.807) is 12.4 Å². The number of hydrogen-bond acceptors (Lipinski definition) is 4. The molecule has 0 amide bonds. The number of fused-ring (bicyclic) bond motifs is 1. The lowest BCUT2D eigenvalue weighted by Crippen LogP contribution is -2.01. The minimum absolute atomic E-state index is 0.347. The second-order valence-corrected chi connectivity index (χ2v) is 4.13. The summed E-state index contributed by atoms with van der Waals surface area (Å²) in [6.45, 7) is 0.347. The number of ether oxygens (including phenoxy) is 1. The summed E-state index contributed by atoms with van der Waals surface area (Å²) in [6, 6.07) is 14.0. The molecular formula is C15H13N3O. The van der Waals surface area contributed by atoms with Gasteiger partial charge in [0.05, 0.1) is 11.9 Å². The van der Waals surface area contributed by atoms with Crippen LogP contribution >= 0.6 is 0 Å². The fourth-order valence-electron chi connectivity index (χ4n) is 1.93. The molecule has 0 fully saturated rings. The lowest BCUT2D eigenvalue weighted by atomic mass is 10.1. The molecule has 3 aromatic rings. The van der Waals surface area contributed by atoms with Gasteiger partial charge in [-0.05, 0) is 11.5 Å². The zero-order chi connectivity index (χ0) is 13.1. The van der Waals surface area contributed by atoms with Crippen molar-refractivity contribution in [3.05, 3.63) is 60.6 Å². The summed E-state index contributed by atoms with van der Waals surface area (Å²) in [4.78, 5) is 8.35. The second kappa shape index (κ2) is 5.04. The lowest BCUT2D eigenvalue weighted by Gasteiger charge is -2.08. The van der Waals surface area contributed by atoms with E-state index in [1.165, 1.54) is 0 Å². The number of benzene rings is 2. The van der Waals surface area contributed by atoms with Gasteiger partial charge in [0.2, 0.25) is 5.88 Å². The highest BCUT2D eigenvalue weighted by atomic mass is 16.5. The van der Waals surface area contributed by atoms with Crippen molar-refractivity contribution in [2.45, 2.75) is 6.54 Å². The van der Waals surface area contributed by atoms with Gasteiger partial charge in [0.25, 0.3) is 0 Å². The molecule has 0 unspecified atom stereocenters. The maximum atomic E-state index is 5.80. The summed E-state index contributed by atoms with van der Waals surface area (Å²) in [5.74, 6) is 1.22. The van der Waals surface area contributed by atoms with Crippen LogP contribution in [0.1, 0.15) is 5.69 Å². The zero-order valence-electron chi connectivity index (χ0n) is 10.3. The molecule has 0 bridgehead atoms. The minimum atomic E-state index is 0.347. The quantitative estimate of drug-likeness (QED) is 0.777. The summed E-state index contributed by atoms with van der Waals surface area (Å²) in [5.41, 5.74) is 6.25. The van der Waals surface area contributed by atoms with Crippen molar-refractivity contribution in [3.8, 4) is 11.6 Å². The molecule has 94 valence electrons. The zero-order valence-corrected chi connectivity index (χ0v) is 10.3. The highest BCUT2D eigenvalue weighted by Gasteiger charge is 2.04. The van der Waals surface area contributed by atoms with Gasteiger partial charge in [0.15, 0.2) is 0 Å². The van der Waals surface area contributed by atoms with Crippen molar-refractivity contribution in [2.24, 2.45) is 5.73 Å². The third kappa shape index (κ3) is 2.39. The van der Waals surface area contributed by atoms with Crippen LogP contribution in [-0.2, 0) is 6.54 Å². The van der Waals surface area contributed by atoms with Crippen LogP contribution < -0.4 is 10.5 Å². The number of nitrogens with two attached hydrogens (primary N) is 1. The third-order valence-electron chi connectivity index (χ3n) is 2.84. The van der Waals surface area contributed by atoms with Crippen molar-refractivity contribution in [2.75, 3.05) is 0 Å². The van der Waals surface area contributed by atoms with Crippen LogP contribution in [0.15, 0.2) is 54.9 Å². The van der Waals surface area contributed by atoms with E-state index in [9.17, 15) is 0 Å². The molecule has 19 heavy (non-hydrogen) atoms. The lowest BCUT2D eigenvalue weighted by molar-refractivity contribution is 0.463. The molecule has 1 aromatic heterocycles. The van der Waals surface area contributed by atoms with Gasteiger partial charge in [-0.1, -0.05) is 36.4 Å². The largest absolute Gasteiger partial charge is 0.437 e. The molecule has 0 aliphatic carbocycles. The molecule has 0 radical (unpaired) electrons. The summed E-state index contributed by atoms with van der Waals surface area (Å²) in [5, 5.41) is 2.17. The maximum absolute atomic E-state index is 5.80. The molecule has 4 nitrogen and oxygen atoms in total. The van der Waals surface area contributed by atoms with Crippen LogP contribution in [0.4, 0.5) is 0 Å². The van der Waals surface area contributed by atoms with Crippen LogP contribution in [0, 0.1) is 0 Å². The van der Waals surface area contributed by atoms with E-state index in [2.05, 4.69) is 9.97 Å². The van der Waals surface area contributed by atoms with E-state index in [0.717, 1.165) is 16.5 Å².